The molecule has 29 heavy (non-hydrogen) atoms. The molecule has 7 heteroatoms. The fourth-order valence-electron chi connectivity index (χ4n) is 3.79. The highest BCUT2D eigenvalue weighted by Gasteiger charge is 2.29. The molecule has 0 amide bonds. The number of ether oxygens (including phenoxy) is 2. The number of hydrogen-bond acceptors (Lipinski definition) is 7. The van der Waals surface area contributed by atoms with E-state index in [0.717, 1.165) is 30.7 Å². The molecule has 2 aromatic carbocycles. The summed E-state index contributed by atoms with van der Waals surface area (Å²) >= 11 is 0. The Bertz CT molecular complexity index is 984. The van der Waals surface area contributed by atoms with Crippen molar-refractivity contribution in [2.45, 2.75) is 25.4 Å². The minimum absolute atomic E-state index is 0.265. The van der Waals surface area contributed by atoms with Crippen molar-refractivity contribution in [2.24, 2.45) is 0 Å². The number of carbonyl (C=O) groups is 1. The van der Waals surface area contributed by atoms with Crippen LogP contribution in [0.3, 0.4) is 0 Å². The van der Waals surface area contributed by atoms with E-state index in [1.54, 1.807) is 31.4 Å². The normalized spacial score (nSPS) is 16.7. The third-order valence-electron chi connectivity index (χ3n) is 5.23. The molecule has 0 N–H and O–H groups in total. The van der Waals surface area contributed by atoms with Crippen molar-refractivity contribution >= 4 is 5.97 Å². The number of methoxy groups -OCH3 is 2. The molecule has 1 saturated heterocycles. The quantitative estimate of drug-likeness (QED) is 0.588. The Morgan fingerprint density at radius 3 is 2.72 bits per heavy atom. The first-order valence-corrected chi connectivity index (χ1v) is 9.58. The van der Waals surface area contributed by atoms with Crippen molar-refractivity contribution in [2.75, 3.05) is 20.8 Å². The van der Waals surface area contributed by atoms with Gasteiger partial charge in [0.2, 0.25) is 11.7 Å². The molecule has 1 aromatic heterocycles. The van der Waals surface area contributed by atoms with Gasteiger partial charge in [0, 0.05) is 17.2 Å². The summed E-state index contributed by atoms with van der Waals surface area (Å²) in [6, 6.07) is 15.3. The molecular weight excluding hydrogens is 370 g/mol. The topological polar surface area (TPSA) is 77.7 Å². The van der Waals surface area contributed by atoms with Crippen molar-refractivity contribution in [3.8, 4) is 17.1 Å². The lowest BCUT2D eigenvalue weighted by Crippen LogP contribution is -2.23. The van der Waals surface area contributed by atoms with E-state index in [1.165, 1.54) is 12.7 Å². The largest absolute Gasteiger partial charge is 0.496 e. The second-order valence-corrected chi connectivity index (χ2v) is 6.95. The van der Waals surface area contributed by atoms with Gasteiger partial charge in [-0.25, -0.2) is 4.79 Å². The number of likely N-dealkylation sites (tertiary alicyclic amines) is 1. The van der Waals surface area contributed by atoms with E-state index < -0.39 is 0 Å². The summed E-state index contributed by atoms with van der Waals surface area (Å²) in [4.78, 5) is 18.5. The predicted octanol–water partition coefficient (Wildman–Crippen LogP) is 3.87. The Hall–Kier alpha value is -3.19. The zero-order valence-electron chi connectivity index (χ0n) is 16.5. The Morgan fingerprint density at radius 1 is 1.17 bits per heavy atom. The zero-order chi connectivity index (χ0) is 20.2. The van der Waals surface area contributed by atoms with Gasteiger partial charge in [-0.05, 0) is 37.6 Å². The third kappa shape index (κ3) is 4.00. The van der Waals surface area contributed by atoms with Crippen LogP contribution in [0.5, 0.6) is 5.75 Å². The monoisotopic (exact) mass is 393 g/mol. The van der Waals surface area contributed by atoms with Crippen molar-refractivity contribution < 1.29 is 18.8 Å². The average Bonchev–Trinajstić information content (AvgIpc) is 3.43. The predicted molar refractivity (Wildman–Crippen MR) is 106 cm³/mol. The van der Waals surface area contributed by atoms with E-state index in [2.05, 4.69) is 21.1 Å². The summed E-state index contributed by atoms with van der Waals surface area (Å²) in [5.41, 5.74) is 2.46. The minimum Gasteiger partial charge on any atom is -0.496 e. The van der Waals surface area contributed by atoms with Crippen molar-refractivity contribution in [3.05, 3.63) is 65.5 Å². The first-order chi connectivity index (χ1) is 14.2. The lowest BCUT2D eigenvalue weighted by molar-refractivity contribution is 0.0600. The number of esters is 1. The first-order valence-electron chi connectivity index (χ1n) is 9.58. The van der Waals surface area contributed by atoms with Gasteiger partial charge in [-0.1, -0.05) is 35.5 Å². The van der Waals surface area contributed by atoms with Crippen LogP contribution in [-0.2, 0) is 11.3 Å². The number of nitrogens with zero attached hydrogens (tertiary/aromatic N) is 3. The minimum atomic E-state index is -0.373. The molecule has 1 aliphatic rings. The van der Waals surface area contributed by atoms with Crippen LogP contribution in [0, 0.1) is 0 Å². The molecule has 0 radical (unpaired) electrons. The first kappa shape index (κ1) is 19.1. The van der Waals surface area contributed by atoms with Gasteiger partial charge in [0.1, 0.15) is 5.75 Å². The van der Waals surface area contributed by atoms with Gasteiger partial charge in [-0.2, -0.15) is 4.98 Å². The maximum absolute atomic E-state index is 11.6. The molecule has 0 bridgehead atoms. The molecule has 7 nitrogen and oxygen atoms in total. The van der Waals surface area contributed by atoms with Gasteiger partial charge in [0.25, 0.3) is 0 Å². The Balaban J connectivity index is 1.49. The summed E-state index contributed by atoms with van der Waals surface area (Å²) in [5.74, 6) is 1.60. The van der Waals surface area contributed by atoms with E-state index >= 15 is 0 Å². The molecule has 4 rings (SSSR count). The van der Waals surface area contributed by atoms with Gasteiger partial charge in [0.15, 0.2) is 0 Å². The van der Waals surface area contributed by atoms with Crippen molar-refractivity contribution in [1.82, 2.24) is 15.0 Å². The fraction of sp³-hybridized carbons (Fsp3) is 0.318. The summed E-state index contributed by atoms with van der Waals surface area (Å²) < 4.78 is 15.8. The van der Waals surface area contributed by atoms with E-state index in [4.69, 9.17) is 14.0 Å². The standard InChI is InChI=1S/C22H23N3O4/c1-27-19-8-4-3-6-17(19)18-7-5-13-25(18)14-20-23-21(24-29-20)15-9-11-16(12-10-15)22(26)28-2/h3-4,6,8-12,18H,5,7,13-14H2,1-2H3/t18-/m0/s1. The second kappa shape index (κ2) is 8.45. The molecule has 3 aromatic rings. The zero-order valence-corrected chi connectivity index (χ0v) is 16.5. The van der Waals surface area contributed by atoms with Crippen LogP contribution in [0.25, 0.3) is 11.4 Å². The Kier molecular flexibility index (Phi) is 5.57. The average molecular weight is 393 g/mol. The highest BCUT2D eigenvalue weighted by molar-refractivity contribution is 5.89. The number of para-hydroxylation sites is 1. The summed E-state index contributed by atoms with van der Waals surface area (Å²) in [6.07, 6.45) is 2.18. The highest BCUT2D eigenvalue weighted by atomic mass is 16.5. The molecule has 0 spiro atoms. The van der Waals surface area contributed by atoms with Crippen LogP contribution in [0.1, 0.15) is 40.7 Å². The number of benzene rings is 2. The number of carbonyl (C=O) groups excluding carboxylic acids is 1. The molecule has 150 valence electrons. The Labute approximate surface area is 169 Å². The molecule has 0 unspecified atom stereocenters. The lowest BCUT2D eigenvalue weighted by Gasteiger charge is -2.24. The number of rotatable bonds is 6. The highest BCUT2D eigenvalue weighted by Crippen LogP contribution is 2.37. The summed E-state index contributed by atoms with van der Waals surface area (Å²) in [5, 5.41) is 4.10. The van der Waals surface area contributed by atoms with Gasteiger partial charge in [-0.15, -0.1) is 0 Å². The van der Waals surface area contributed by atoms with Crippen LogP contribution < -0.4 is 4.74 Å². The van der Waals surface area contributed by atoms with Gasteiger partial charge in [0.05, 0.1) is 26.3 Å². The number of aromatic nitrogens is 2. The molecular formula is C22H23N3O4. The molecule has 1 aliphatic heterocycles. The van der Waals surface area contributed by atoms with Crippen LogP contribution >= 0.6 is 0 Å². The fourth-order valence-corrected chi connectivity index (χ4v) is 3.79. The van der Waals surface area contributed by atoms with Gasteiger partial charge >= 0.3 is 5.97 Å². The van der Waals surface area contributed by atoms with Crippen molar-refractivity contribution in [3.63, 3.8) is 0 Å². The van der Waals surface area contributed by atoms with Crippen LogP contribution in [-0.4, -0.2) is 41.8 Å². The second-order valence-electron chi connectivity index (χ2n) is 6.95. The summed E-state index contributed by atoms with van der Waals surface area (Å²) in [7, 11) is 3.06. The summed E-state index contributed by atoms with van der Waals surface area (Å²) in [6.45, 7) is 1.55. The van der Waals surface area contributed by atoms with Crippen LogP contribution in [0.15, 0.2) is 53.1 Å². The maximum atomic E-state index is 11.6. The third-order valence-corrected chi connectivity index (χ3v) is 5.23. The Morgan fingerprint density at radius 2 is 1.97 bits per heavy atom. The molecule has 0 aliphatic carbocycles. The van der Waals surface area contributed by atoms with E-state index in [0.29, 0.717) is 23.8 Å². The molecule has 1 atom stereocenters. The van der Waals surface area contributed by atoms with Crippen LogP contribution in [0.4, 0.5) is 0 Å². The van der Waals surface area contributed by atoms with Crippen LogP contribution in [0.2, 0.25) is 0 Å². The van der Waals surface area contributed by atoms with E-state index in [1.807, 2.05) is 18.2 Å². The SMILES string of the molecule is COC(=O)c1ccc(-c2noc(CN3CCC[C@H]3c3ccccc3OC)n2)cc1. The molecule has 2 heterocycles. The molecule has 0 saturated carbocycles. The maximum Gasteiger partial charge on any atom is 0.337 e. The number of hydrogen-bond donors (Lipinski definition) is 0. The smallest absolute Gasteiger partial charge is 0.337 e. The van der Waals surface area contributed by atoms with E-state index in [9.17, 15) is 4.79 Å². The van der Waals surface area contributed by atoms with E-state index in [-0.39, 0.29) is 12.0 Å². The van der Waals surface area contributed by atoms with Gasteiger partial charge in [-0.3, -0.25) is 4.90 Å². The van der Waals surface area contributed by atoms with Gasteiger partial charge < -0.3 is 14.0 Å². The van der Waals surface area contributed by atoms with Crippen molar-refractivity contribution in [1.29, 1.82) is 0 Å². The lowest BCUT2D eigenvalue weighted by atomic mass is 10.0. The molecule has 1 fully saturated rings.